The minimum atomic E-state index is -0.272. The fourth-order valence-electron chi connectivity index (χ4n) is 5.88. The predicted molar refractivity (Wildman–Crippen MR) is 136 cm³/mol. The van der Waals surface area contributed by atoms with Gasteiger partial charge in [-0.2, -0.15) is 0 Å². The molecule has 1 aromatic heterocycles. The summed E-state index contributed by atoms with van der Waals surface area (Å²) in [6.07, 6.45) is 4.90. The van der Waals surface area contributed by atoms with Crippen LogP contribution in [0.15, 0.2) is 73.1 Å². The van der Waals surface area contributed by atoms with E-state index in [4.69, 9.17) is 9.47 Å². The number of fused-ring (bicyclic) bond motifs is 2. The lowest BCUT2D eigenvalue weighted by Crippen LogP contribution is -2.52. The van der Waals surface area contributed by atoms with Gasteiger partial charge in [-0.25, -0.2) is 0 Å². The Kier molecular flexibility index (Phi) is 6.74. The molecule has 7 heteroatoms. The number of hydrogen-bond donors (Lipinski definition) is 1. The smallest absolute Gasteiger partial charge is 0.251 e. The maximum atomic E-state index is 13.1. The van der Waals surface area contributed by atoms with Crippen molar-refractivity contribution in [3.8, 4) is 5.75 Å². The Morgan fingerprint density at radius 2 is 1.78 bits per heavy atom. The van der Waals surface area contributed by atoms with Crippen molar-refractivity contribution in [1.82, 2.24) is 15.2 Å². The highest BCUT2D eigenvalue weighted by Crippen LogP contribution is 2.52. The zero-order chi connectivity index (χ0) is 25.1. The molecule has 1 N–H and O–H groups in total. The molecule has 0 radical (unpaired) electrons. The van der Waals surface area contributed by atoms with Crippen LogP contribution in [0, 0.1) is 0 Å². The summed E-state index contributed by atoms with van der Waals surface area (Å²) in [5, 5.41) is 3.22. The quantitative estimate of drug-likeness (QED) is 0.576. The number of carbonyl (C=O) groups is 2. The Labute approximate surface area is 211 Å². The summed E-state index contributed by atoms with van der Waals surface area (Å²) in [5.41, 5.74) is 3.53. The Balaban J connectivity index is 1.34. The number of nitrogens with one attached hydrogen (secondary N) is 1. The SMILES string of the molecule is COc1cccc(CC(=O)N2CCC3(CC2)c2ccccc2[C@@H](NC(=O)c2ccncc2)[C@@H]3OC)c1. The molecule has 2 aliphatic rings. The standard InChI is InChI=1S/C29H31N3O4/c1-35-22-7-5-6-20(18-22)19-25(33)32-16-12-29(13-17-32)24-9-4-3-8-23(24)26(27(29)36-2)31-28(34)21-10-14-30-15-11-21/h3-11,14-15,18,26-27H,12-13,16-17,19H2,1-2H3,(H,31,34)/t26-,27+/m1/s1. The summed E-state index contributed by atoms with van der Waals surface area (Å²) in [5.74, 6) is 0.714. The largest absolute Gasteiger partial charge is 0.497 e. The number of ether oxygens (including phenoxy) is 2. The normalized spacial score (nSPS) is 20.1. The maximum absolute atomic E-state index is 13.1. The van der Waals surface area contributed by atoms with Crippen LogP contribution in [0.1, 0.15) is 45.9 Å². The molecule has 0 saturated carbocycles. The molecular weight excluding hydrogens is 454 g/mol. The number of hydrogen-bond acceptors (Lipinski definition) is 5. The van der Waals surface area contributed by atoms with Gasteiger partial charge in [0.25, 0.3) is 5.91 Å². The van der Waals surface area contributed by atoms with Crippen LogP contribution in [-0.4, -0.2) is 55.1 Å². The van der Waals surface area contributed by atoms with Crippen molar-refractivity contribution in [1.29, 1.82) is 0 Å². The molecule has 2 heterocycles. The van der Waals surface area contributed by atoms with E-state index in [1.54, 1.807) is 38.7 Å². The van der Waals surface area contributed by atoms with Gasteiger partial charge in [0.1, 0.15) is 5.75 Å². The van der Waals surface area contributed by atoms with Crippen molar-refractivity contribution < 1.29 is 19.1 Å². The number of methoxy groups -OCH3 is 2. The topological polar surface area (TPSA) is 80.8 Å². The highest BCUT2D eigenvalue weighted by Gasteiger charge is 2.54. The number of likely N-dealkylation sites (tertiary alicyclic amines) is 1. The molecular formula is C29H31N3O4. The van der Waals surface area contributed by atoms with Gasteiger partial charge in [0.15, 0.2) is 0 Å². The van der Waals surface area contributed by atoms with Crippen LogP contribution < -0.4 is 10.1 Å². The van der Waals surface area contributed by atoms with Crippen molar-refractivity contribution in [2.45, 2.75) is 36.8 Å². The first kappa shape index (κ1) is 24.0. The van der Waals surface area contributed by atoms with Crippen molar-refractivity contribution in [2.24, 2.45) is 0 Å². The number of aromatic nitrogens is 1. The first-order valence-electron chi connectivity index (χ1n) is 12.3. The molecule has 7 nitrogen and oxygen atoms in total. The van der Waals surface area contributed by atoms with Crippen molar-refractivity contribution in [3.63, 3.8) is 0 Å². The van der Waals surface area contributed by atoms with E-state index in [9.17, 15) is 9.59 Å². The average molecular weight is 486 g/mol. The van der Waals surface area contributed by atoms with Gasteiger partial charge < -0.3 is 19.7 Å². The molecule has 0 bridgehead atoms. The lowest BCUT2D eigenvalue weighted by molar-refractivity contribution is -0.133. The Morgan fingerprint density at radius 3 is 2.50 bits per heavy atom. The summed E-state index contributed by atoms with van der Waals surface area (Å²) in [7, 11) is 3.34. The van der Waals surface area contributed by atoms with Crippen LogP contribution in [0.5, 0.6) is 5.75 Å². The van der Waals surface area contributed by atoms with Gasteiger partial charge in [0.05, 0.1) is 25.7 Å². The molecule has 1 spiro atoms. The molecule has 2 atom stereocenters. The molecule has 0 unspecified atom stereocenters. The average Bonchev–Trinajstić information content (AvgIpc) is 3.17. The summed E-state index contributed by atoms with van der Waals surface area (Å²) in [6.45, 7) is 1.28. The Morgan fingerprint density at radius 1 is 1.03 bits per heavy atom. The molecule has 1 fully saturated rings. The van der Waals surface area contributed by atoms with Crippen LogP contribution in [0.3, 0.4) is 0 Å². The Hall–Kier alpha value is -3.71. The van der Waals surface area contributed by atoms with E-state index in [2.05, 4.69) is 22.4 Å². The van der Waals surface area contributed by atoms with Crippen LogP contribution in [-0.2, 0) is 21.4 Å². The molecule has 5 rings (SSSR count). The van der Waals surface area contributed by atoms with Crippen molar-refractivity contribution >= 4 is 11.8 Å². The predicted octanol–water partition coefficient (Wildman–Crippen LogP) is 3.69. The first-order valence-corrected chi connectivity index (χ1v) is 12.3. The summed E-state index contributed by atoms with van der Waals surface area (Å²) >= 11 is 0. The second-order valence-electron chi connectivity index (χ2n) is 9.50. The fraction of sp³-hybridized carbons (Fsp3) is 0.345. The number of pyridine rings is 1. The molecule has 1 saturated heterocycles. The van der Waals surface area contributed by atoms with E-state index < -0.39 is 0 Å². The molecule has 3 aromatic rings. The fourth-order valence-corrected chi connectivity index (χ4v) is 5.88. The summed E-state index contributed by atoms with van der Waals surface area (Å²) in [4.78, 5) is 32.1. The molecule has 1 aliphatic heterocycles. The van der Waals surface area contributed by atoms with E-state index in [1.807, 2.05) is 41.3 Å². The van der Waals surface area contributed by atoms with Crippen LogP contribution in [0.4, 0.5) is 0 Å². The van der Waals surface area contributed by atoms with E-state index in [0.717, 1.165) is 29.7 Å². The number of carbonyl (C=O) groups excluding carboxylic acids is 2. The highest BCUT2D eigenvalue weighted by molar-refractivity contribution is 5.94. The zero-order valence-electron chi connectivity index (χ0n) is 20.6. The van der Waals surface area contributed by atoms with Gasteiger partial charge in [0.2, 0.25) is 5.91 Å². The molecule has 36 heavy (non-hydrogen) atoms. The first-order chi connectivity index (χ1) is 17.6. The number of piperidine rings is 1. The van der Waals surface area contributed by atoms with Gasteiger partial charge in [-0.15, -0.1) is 0 Å². The van der Waals surface area contributed by atoms with Crippen LogP contribution in [0.25, 0.3) is 0 Å². The third-order valence-electron chi connectivity index (χ3n) is 7.66. The lowest BCUT2D eigenvalue weighted by Gasteiger charge is -2.44. The molecule has 186 valence electrons. The van der Waals surface area contributed by atoms with Crippen LogP contribution >= 0.6 is 0 Å². The van der Waals surface area contributed by atoms with Crippen molar-refractivity contribution in [3.05, 3.63) is 95.3 Å². The van der Waals surface area contributed by atoms with Crippen LogP contribution in [0.2, 0.25) is 0 Å². The third-order valence-corrected chi connectivity index (χ3v) is 7.66. The molecule has 2 aromatic carbocycles. The van der Waals surface area contributed by atoms with Gasteiger partial charge in [-0.1, -0.05) is 36.4 Å². The molecule has 2 amide bonds. The second-order valence-corrected chi connectivity index (χ2v) is 9.50. The minimum absolute atomic E-state index is 0.112. The maximum Gasteiger partial charge on any atom is 0.251 e. The molecule has 1 aliphatic carbocycles. The number of benzene rings is 2. The van der Waals surface area contributed by atoms with E-state index >= 15 is 0 Å². The lowest BCUT2D eigenvalue weighted by atomic mass is 9.71. The zero-order valence-corrected chi connectivity index (χ0v) is 20.6. The number of nitrogens with zero attached hydrogens (tertiary/aromatic N) is 2. The minimum Gasteiger partial charge on any atom is -0.497 e. The van der Waals surface area contributed by atoms with Crippen molar-refractivity contribution in [2.75, 3.05) is 27.3 Å². The van der Waals surface area contributed by atoms with E-state index in [1.165, 1.54) is 5.56 Å². The monoisotopic (exact) mass is 485 g/mol. The second kappa shape index (κ2) is 10.1. The number of rotatable bonds is 6. The van der Waals surface area contributed by atoms with Gasteiger partial charge in [-0.3, -0.25) is 14.6 Å². The van der Waals surface area contributed by atoms with Gasteiger partial charge in [0, 0.05) is 43.6 Å². The van der Waals surface area contributed by atoms with E-state index in [0.29, 0.717) is 25.1 Å². The number of amides is 2. The third kappa shape index (κ3) is 4.35. The van der Waals surface area contributed by atoms with E-state index in [-0.39, 0.29) is 29.4 Å². The Bertz CT molecular complexity index is 1240. The van der Waals surface area contributed by atoms with Gasteiger partial charge >= 0.3 is 0 Å². The summed E-state index contributed by atoms with van der Waals surface area (Å²) in [6, 6.07) is 19.1. The highest BCUT2D eigenvalue weighted by atomic mass is 16.5. The van der Waals surface area contributed by atoms with Gasteiger partial charge in [-0.05, 0) is 53.8 Å². The summed E-state index contributed by atoms with van der Waals surface area (Å²) < 4.78 is 11.4.